The van der Waals surface area contributed by atoms with Crippen molar-refractivity contribution in [3.05, 3.63) is 17.2 Å². The van der Waals surface area contributed by atoms with Gasteiger partial charge in [0.25, 0.3) is 5.95 Å². The molecule has 0 aliphatic carbocycles. The van der Waals surface area contributed by atoms with Crippen LogP contribution in [0.5, 0.6) is 0 Å². The Morgan fingerprint density at radius 1 is 1.22 bits per heavy atom. The first-order valence-electron chi connectivity index (χ1n) is 1.91. The quantitative estimate of drug-likeness (QED) is 0.551. The molecule has 6 heteroatoms. The Labute approximate surface area is 53.7 Å². The smallest absolute Gasteiger partial charge is 0.181 e. The van der Waals surface area contributed by atoms with Crippen molar-refractivity contribution in [1.29, 1.82) is 0 Å². The minimum Gasteiger partial charge on any atom is -0.181 e. The number of aromatic nitrogens is 3. The van der Waals surface area contributed by atoms with Crippen molar-refractivity contribution < 1.29 is 8.78 Å². The highest BCUT2D eigenvalue weighted by molar-refractivity contribution is 6.29. The van der Waals surface area contributed by atoms with Gasteiger partial charge in [-0.1, -0.05) is 16.7 Å². The lowest BCUT2D eigenvalue weighted by Crippen LogP contribution is -1.96. The Bertz CT molecular complexity index is 228. The molecule has 0 aliphatic heterocycles. The van der Waals surface area contributed by atoms with Crippen molar-refractivity contribution >= 4 is 11.6 Å². The summed E-state index contributed by atoms with van der Waals surface area (Å²) in [6.45, 7) is 0. The zero-order valence-corrected chi connectivity index (χ0v) is 4.73. The molecule has 0 aromatic carbocycles. The summed E-state index contributed by atoms with van der Waals surface area (Å²) in [5.41, 5.74) is 0. The lowest BCUT2D eigenvalue weighted by Gasteiger charge is -1.86. The van der Waals surface area contributed by atoms with Crippen molar-refractivity contribution in [2.45, 2.75) is 0 Å². The number of rotatable bonds is 0. The highest BCUT2D eigenvalue weighted by Crippen LogP contribution is 2.04. The van der Waals surface area contributed by atoms with E-state index in [1.165, 1.54) is 0 Å². The Balaban J connectivity index is 3.17. The molecule has 0 fully saturated rings. The summed E-state index contributed by atoms with van der Waals surface area (Å²) >= 11 is 5.00. The fourth-order valence-corrected chi connectivity index (χ4v) is 0.356. The van der Waals surface area contributed by atoms with E-state index >= 15 is 0 Å². The molecule has 0 unspecified atom stereocenters. The van der Waals surface area contributed by atoms with E-state index < -0.39 is 17.2 Å². The average Bonchev–Trinajstić information content (AvgIpc) is 1.80. The maximum absolute atomic E-state index is 12.0. The highest BCUT2D eigenvalue weighted by Gasteiger charge is 2.03. The summed E-state index contributed by atoms with van der Waals surface area (Å²) in [6.07, 6.45) is -1.23. The number of nitrogens with zero attached hydrogens (tertiary/aromatic N) is 3. The van der Waals surface area contributed by atoms with Gasteiger partial charge in [-0.3, -0.25) is 0 Å². The lowest BCUT2D eigenvalue weighted by atomic mass is 10.8. The zero-order chi connectivity index (χ0) is 6.85. The molecular formula is C3ClF2N3. The monoisotopic (exact) mass is 151 g/mol. The molecule has 0 amide bonds. The topological polar surface area (TPSA) is 38.7 Å². The number of hydrogen-bond donors (Lipinski definition) is 0. The third-order valence-corrected chi connectivity index (χ3v) is 0.812. The van der Waals surface area contributed by atoms with Crippen LogP contribution in [-0.2, 0) is 0 Å². The average molecular weight is 152 g/mol. The van der Waals surface area contributed by atoms with Crippen LogP contribution in [0.4, 0.5) is 8.78 Å². The number of hydrogen-bond acceptors (Lipinski definition) is 3. The Hall–Kier alpha value is -0.840. The summed E-state index contributed by atoms with van der Waals surface area (Å²) in [5.74, 6) is -1.15. The Kier molecular flexibility index (Phi) is 1.52. The molecular weight excluding hydrogens is 152 g/mol. The molecule has 3 nitrogen and oxygen atoms in total. The van der Waals surface area contributed by atoms with Crippen LogP contribution in [0.25, 0.3) is 0 Å². The maximum Gasteiger partial charge on any atom is 0.330 e. The van der Waals surface area contributed by atoms with Crippen molar-refractivity contribution in [2.75, 3.05) is 0 Å². The van der Waals surface area contributed by atoms with E-state index in [4.69, 9.17) is 11.6 Å². The predicted octanol–water partition coefficient (Wildman–Crippen LogP) is 0.803. The van der Waals surface area contributed by atoms with Crippen molar-refractivity contribution in [1.82, 2.24) is 15.2 Å². The van der Waals surface area contributed by atoms with Crippen LogP contribution in [0.3, 0.4) is 0 Å². The van der Waals surface area contributed by atoms with E-state index in [1.807, 2.05) is 0 Å². The number of halogens is 3. The second kappa shape index (κ2) is 2.18. The summed E-state index contributed by atoms with van der Waals surface area (Å²) in [7, 11) is 0. The maximum atomic E-state index is 12.0. The normalized spacial score (nSPS) is 9.67. The zero-order valence-electron chi connectivity index (χ0n) is 3.98. The summed E-state index contributed by atoms with van der Waals surface area (Å²) in [5, 5.41) is 5.09. The van der Waals surface area contributed by atoms with E-state index in [0.717, 1.165) is 0 Å². The second-order valence-corrected chi connectivity index (χ2v) is 1.52. The van der Waals surface area contributed by atoms with Gasteiger partial charge in [0.2, 0.25) is 5.15 Å². The van der Waals surface area contributed by atoms with E-state index in [1.54, 1.807) is 0 Å². The summed E-state index contributed by atoms with van der Waals surface area (Å²) < 4.78 is 23.8. The van der Waals surface area contributed by atoms with Crippen molar-refractivity contribution in [3.8, 4) is 0 Å². The van der Waals surface area contributed by atoms with Crippen molar-refractivity contribution in [2.24, 2.45) is 0 Å². The van der Waals surface area contributed by atoms with Gasteiger partial charge in [0, 0.05) is 0 Å². The van der Waals surface area contributed by atoms with Gasteiger partial charge >= 0.3 is 6.08 Å². The highest BCUT2D eigenvalue weighted by atomic mass is 35.5. The SMILES string of the molecule is Fc1nnc(Cl)c(F)n1. The van der Waals surface area contributed by atoms with Crippen LogP contribution in [0, 0.1) is 12.0 Å². The minimum atomic E-state index is -1.23. The van der Waals surface area contributed by atoms with Gasteiger partial charge in [0.1, 0.15) is 0 Å². The van der Waals surface area contributed by atoms with Gasteiger partial charge in [-0.2, -0.15) is 13.8 Å². The summed E-state index contributed by atoms with van der Waals surface area (Å²) in [4.78, 5) is 2.63. The molecule has 0 atom stereocenters. The van der Waals surface area contributed by atoms with Gasteiger partial charge in [0.15, 0.2) is 0 Å². The van der Waals surface area contributed by atoms with Gasteiger partial charge in [-0.05, 0) is 0 Å². The molecule has 0 radical (unpaired) electrons. The Morgan fingerprint density at radius 3 is 2.33 bits per heavy atom. The standard InChI is InChI=1S/C3ClF2N3/c4-1-2(5)7-3(6)9-8-1. The molecule has 1 heterocycles. The van der Waals surface area contributed by atoms with Gasteiger partial charge < -0.3 is 0 Å². The molecule has 1 rings (SSSR count). The Morgan fingerprint density at radius 2 is 1.89 bits per heavy atom. The van der Waals surface area contributed by atoms with Crippen LogP contribution < -0.4 is 0 Å². The lowest BCUT2D eigenvalue weighted by molar-refractivity contribution is 0.462. The molecule has 0 bridgehead atoms. The first-order valence-corrected chi connectivity index (χ1v) is 2.29. The van der Waals surface area contributed by atoms with Crippen LogP contribution in [0.15, 0.2) is 0 Å². The van der Waals surface area contributed by atoms with Gasteiger partial charge in [-0.15, -0.1) is 5.10 Å². The third-order valence-electron chi connectivity index (χ3n) is 0.581. The summed E-state index contributed by atoms with van der Waals surface area (Å²) in [6, 6.07) is 0. The van der Waals surface area contributed by atoms with Gasteiger partial charge in [-0.25, -0.2) is 0 Å². The molecule has 0 N–H and O–H groups in total. The fraction of sp³-hybridized carbons (Fsp3) is 0. The molecule has 1 aromatic rings. The van der Waals surface area contributed by atoms with Crippen molar-refractivity contribution in [3.63, 3.8) is 0 Å². The first-order chi connectivity index (χ1) is 4.20. The van der Waals surface area contributed by atoms with Crippen LogP contribution in [-0.4, -0.2) is 15.2 Å². The molecule has 9 heavy (non-hydrogen) atoms. The molecule has 0 aliphatic rings. The predicted molar refractivity (Wildman–Crippen MR) is 24.8 cm³/mol. The molecule has 0 saturated carbocycles. The van der Waals surface area contributed by atoms with Crippen LogP contribution >= 0.6 is 11.6 Å². The van der Waals surface area contributed by atoms with Crippen LogP contribution in [0.1, 0.15) is 0 Å². The van der Waals surface area contributed by atoms with Crippen LogP contribution in [0.2, 0.25) is 5.15 Å². The molecule has 0 spiro atoms. The fourth-order valence-electron chi connectivity index (χ4n) is 0.276. The van der Waals surface area contributed by atoms with Gasteiger partial charge in [0.05, 0.1) is 0 Å². The molecule has 0 saturated heterocycles. The molecule has 1 aromatic heterocycles. The van der Waals surface area contributed by atoms with E-state index in [0.29, 0.717) is 0 Å². The molecule has 48 valence electrons. The second-order valence-electron chi connectivity index (χ2n) is 1.16. The van der Waals surface area contributed by atoms with E-state index in [9.17, 15) is 8.78 Å². The minimum absolute atomic E-state index is 0.531. The largest absolute Gasteiger partial charge is 0.330 e. The first kappa shape index (κ1) is 6.28. The van der Waals surface area contributed by atoms with E-state index in [2.05, 4.69) is 15.2 Å². The third kappa shape index (κ3) is 1.29. The van der Waals surface area contributed by atoms with E-state index in [-0.39, 0.29) is 0 Å².